The molecule has 3 rings (SSSR count). The number of hydrogen-bond acceptors (Lipinski definition) is 1. The zero-order valence-corrected chi connectivity index (χ0v) is 14.5. The van der Waals surface area contributed by atoms with E-state index < -0.39 is 0 Å². The summed E-state index contributed by atoms with van der Waals surface area (Å²) >= 11 is 0. The maximum atomic E-state index is 8.87. The van der Waals surface area contributed by atoms with Crippen LogP contribution < -0.4 is 0 Å². The molecule has 124 valence electrons. The molecule has 0 unspecified atom stereocenters. The minimum Gasteiger partial charge on any atom is -0.215 e. The molecule has 0 fully saturated rings. The molecule has 0 N–H and O–H groups in total. The quantitative estimate of drug-likeness (QED) is 0.382. The van der Waals surface area contributed by atoms with Gasteiger partial charge < -0.3 is 0 Å². The molecule has 0 aliphatic carbocycles. The summed E-state index contributed by atoms with van der Waals surface area (Å²) in [6.07, 6.45) is 6.74. The molecule has 0 aliphatic rings. The first-order valence-corrected chi connectivity index (χ1v) is 8.82. The van der Waals surface area contributed by atoms with Crippen LogP contribution in [0.5, 0.6) is 0 Å². The summed E-state index contributed by atoms with van der Waals surface area (Å²) in [5.41, 5.74) is 5.24. The van der Waals surface area contributed by atoms with Crippen molar-refractivity contribution in [3.63, 3.8) is 0 Å². The van der Waals surface area contributed by atoms with E-state index in [1.807, 2.05) is 18.2 Å². The summed E-state index contributed by atoms with van der Waals surface area (Å²) in [6.45, 7) is 2.23. The Morgan fingerprint density at radius 1 is 0.800 bits per heavy atom. The van der Waals surface area contributed by atoms with Crippen LogP contribution in [-0.4, -0.2) is 0 Å². The normalized spacial score (nSPS) is 10.4. The van der Waals surface area contributed by atoms with Crippen LogP contribution in [0.3, 0.4) is 0 Å². The molecular formula is C23H22NO+. The van der Waals surface area contributed by atoms with Crippen LogP contribution in [0.2, 0.25) is 0 Å². The van der Waals surface area contributed by atoms with Crippen molar-refractivity contribution in [3.8, 4) is 28.5 Å². The third-order valence-corrected chi connectivity index (χ3v) is 4.38. The lowest BCUT2D eigenvalue weighted by atomic mass is 10.0. The Bertz CT molecular complexity index is 841. The zero-order chi connectivity index (χ0) is 17.5. The van der Waals surface area contributed by atoms with Gasteiger partial charge >= 0.3 is 12.0 Å². The average molecular weight is 328 g/mol. The lowest BCUT2D eigenvalue weighted by Crippen LogP contribution is -1.86. The Morgan fingerprint density at radius 2 is 1.48 bits per heavy atom. The topological polar surface area (TPSA) is 35.1 Å². The van der Waals surface area contributed by atoms with Gasteiger partial charge in [0.2, 0.25) is 0 Å². The van der Waals surface area contributed by atoms with Crippen LogP contribution in [0.15, 0.2) is 71.3 Å². The van der Waals surface area contributed by atoms with E-state index in [0.29, 0.717) is 5.56 Å². The Hall–Kier alpha value is -2.92. The summed E-state index contributed by atoms with van der Waals surface area (Å²) in [5.74, 6) is 0.796. The second-order valence-corrected chi connectivity index (χ2v) is 6.23. The number of rotatable bonds is 6. The van der Waals surface area contributed by atoms with Gasteiger partial charge in [0.25, 0.3) is 0 Å². The summed E-state index contributed by atoms with van der Waals surface area (Å²) in [7, 11) is 0. The third-order valence-electron chi connectivity index (χ3n) is 4.38. The molecule has 0 spiro atoms. The number of nitrogens with zero attached hydrogens (tertiary/aromatic N) is 1. The molecule has 2 aromatic carbocycles. The van der Waals surface area contributed by atoms with E-state index in [9.17, 15) is 0 Å². The molecule has 2 nitrogen and oxygen atoms in total. The first kappa shape index (κ1) is 16.9. The molecule has 1 heterocycles. The Balaban J connectivity index is 1.72. The van der Waals surface area contributed by atoms with Gasteiger partial charge in [-0.05, 0) is 54.3 Å². The lowest BCUT2D eigenvalue weighted by Gasteiger charge is -2.02. The van der Waals surface area contributed by atoms with Crippen molar-refractivity contribution in [2.45, 2.75) is 32.6 Å². The van der Waals surface area contributed by atoms with Crippen molar-refractivity contribution in [2.24, 2.45) is 0 Å². The maximum Gasteiger partial charge on any atom is 0.359 e. The molecule has 3 aromatic rings. The summed E-state index contributed by atoms with van der Waals surface area (Å²) in [6, 6.07) is 22.3. The Morgan fingerprint density at radius 3 is 2.08 bits per heavy atom. The Labute approximate surface area is 149 Å². The number of aryl methyl sites for hydroxylation is 1. The SMILES string of the molecule is CCCCCc1ccc(-c2ccc(-c3ccc(C#N)cc3)[o+]c2)cc1. The van der Waals surface area contributed by atoms with E-state index in [1.165, 1.54) is 24.8 Å². The molecule has 1 aromatic heterocycles. The molecule has 0 saturated carbocycles. The van der Waals surface area contributed by atoms with Gasteiger partial charge in [0.15, 0.2) is 0 Å². The monoisotopic (exact) mass is 328 g/mol. The van der Waals surface area contributed by atoms with E-state index in [-0.39, 0.29) is 0 Å². The van der Waals surface area contributed by atoms with E-state index in [1.54, 1.807) is 18.4 Å². The standard InChI is InChI=1S/C23H22NO/c1-2-3-4-5-18-6-10-20(11-7-18)22-14-15-23(25-17-22)21-12-8-19(16-24)9-13-21/h6-15,17H,2-5H2,1H3/q+1. The van der Waals surface area contributed by atoms with Crippen LogP contribution >= 0.6 is 0 Å². The van der Waals surface area contributed by atoms with Crippen molar-refractivity contribution in [2.75, 3.05) is 0 Å². The van der Waals surface area contributed by atoms with Gasteiger partial charge in [-0.1, -0.05) is 44.0 Å². The van der Waals surface area contributed by atoms with Gasteiger partial charge in [-0.15, -0.1) is 0 Å². The first-order valence-electron chi connectivity index (χ1n) is 8.82. The smallest absolute Gasteiger partial charge is 0.215 e. The second-order valence-electron chi connectivity index (χ2n) is 6.23. The van der Waals surface area contributed by atoms with Crippen molar-refractivity contribution in [1.82, 2.24) is 0 Å². The Kier molecular flexibility index (Phi) is 5.59. The molecule has 0 saturated heterocycles. The predicted molar refractivity (Wildman–Crippen MR) is 102 cm³/mol. The molecule has 25 heavy (non-hydrogen) atoms. The fourth-order valence-corrected chi connectivity index (χ4v) is 2.85. The number of benzene rings is 2. The molecule has 0 atom stereocenters. The molecular weight excluding hydrogens is 306 g/mol. The van der Waals surface area contributed by atoms with E-state index in [2.05, 4.69) is 43.3 Å². The molecule has 0 bridgehead atoms. The highest BCUT2D eigenvalue weighted by Gasteiger charge is 2.12. The number of nitriles is 1. The highest BCUT2D eigenvalue weighted by molar-refractivity contribution is 5.65. The molecule has 0 aliphatic heterocycles. The summed E-state index contributed by atoms with van der Waals surface area (Å²) < 4.78 is 5.80. The van der Waals surface area contributed by atoms with Gasteiger partial charge in [0.05, 0.1) is 22.8 Å². The fraction of sp³-hybridized carbons (Fsp3) is 0.217. The number of unbranched alkanes of at least 4 members (excludes halogenated alkanes) is 2. The third kappa shape index (κ3) is 4.33. The first-order chi connectivity index (χ1) is 12.3. The van der Waals surface area contributed by atoms with Gasteiger partial charge in [-0.2, -0.15) is 5.26 Å². The second kappa shape index (κ2) is 8.26. The zero-order valence-electron chi connectivity index (χ0n) is 14.5. The van der Waals surface area contributed by atoms with Crippen molar-refractivity contribution < 1.29 is 4.42 Å². The molecule has 0 radical (unpaired) electrons. The van der Waals surface area contributed by atoms with Gasteiger partial charge in [-0.3, -0.25) is 0 Å². The summed E-state index contributed by atoms with van der Waals surface area (Å²) in [4.78, 5) is 0. The largest absolute Gasteiger partial charge is 0.359 e. The van der Waals surface area contributed by atoms with Crippen molar-refractivity contribution in [3.05, 3.63) is 78.1 Å². The van der Waals surface area contributed by atoms with Crippen molar-refractivity contribution >= 4 is 0 Å². The predicted octanol–water partition coefficient (Wildman–Crippen LogP) is 6.50. The lowest BCUT2D eigenvalue weighted by molar-refractivity contribution is 0.568. The van der Waals surface area contributed by atoms with E-state index in [4.69, 9.17) is 9.68 Å². The van der Waals surface area contributed by atoms with Crippen LogP contribution in [0.25, 0.3) is 22.5 Å². The van der Waals surface area contributed by atoms with E-state index >= 15 is 0 Å². The van der Waals surface area contributed by atoms with Crippen LogP contribution in [0.4, 0.5) is 0 Å². The average Bonchev–Trinajstić information content (AvgIpc) is 2.69. The van der Waals surface area contributed by atoms with Gasteiger partial charge in [0, 0.05) is 6.07 Å². The van der Waals surface area contributed by atoms with Crippen molar-refractivity contribution in [1.29, 1.82) is 5.26 Å². The summed E-state index contributed by atoms with van der Waals surface area (Å²) in [5, 5.41) is 8.87. The minimum atomic E-state index is 0.652. The molecule has 0 amide bonds. The van der Waals surface area contributed by atoms with Gasteiger partial charge in [-0.25, -0.2) is 4.42 Å². The maximum absolute atomic E-state index is 8.87. The fourth-order valence-electron chi connectivity index (χ4n) is 2.85. The molecule has 2 heteroatoms. The van der Waals surface area contributed by atoms with Gasteiger partial charge in [0.1, 0.15) is 0 Å². The minimum absolute atomic E-state index is 0.652. The highest BCUT2D eigenvalue weighted by Crippen LogP contribution is 2.25. The van der Waals surface area contributed by atoms with E-state index in [0.717, 1.165) is 28.9 Å². The highest BCUT2D eigenvalue weighted by atomic mass is 16.3. The van der Waals surface area contributed by atoms with Crippen LogP contribution in [0.1, 0.15) is 37.3 Å². The number of hydrogen-bond donors (Lipinski definition) is 0. The van der Waals surface area contributed by atoms with Crippen LogP contribution in [-0.2, 0) is 6.42 Å². The van der Waals surface area contributed by atoms with Crippen LogP contribution in [0, 0.1) is 11.3 Å².